The Hall–Kier alpha value is -1.16. The number of H-pyrrole nitrogens is 1. The van der Waals surface area contributed by atoms with Crippen LogP contribution in [0.25, 0.3) is 0 Å². The van der Waals surface area contributed by atoms with Gasteiger partial charge in [-0.2, -0.15) is 0 Å². The third kappa shape index (κ3) is 1.38. The summed E-state index contributed by atoms with van der Waals surface area (Å²) in [6, 6.07) is 0. The van der Waals surface area contributed by atoms with Crippen LogP contribution in [0.5, 0.6) is 0 Å². The number of imidazole rings is 1. The molecule has 1 atom stereocenters. The number of carbonyl (C=O) groups excluding carboxylic acids is 1. The first kappa shape index (κ1) is 8.93. The van der Waals surface area contributed by atoms with E-state index in [9.17, 15) is 4.79 Å². The average Bonchev–Trinajstić information content (AvgIpc) is 2.51. The molecule has 1 rings (SSSR count). The standard InChI is InChI=1S/C8H13N3O/c1-3-8(9,5-12)7-4-10-6(2)11-7/h4-5H,3,9H2,1-2H3,(H,10,11). The van der Waals surface area contributed by atoms with E-state index in [0.717, 1.165) is 12.1 Å². The molecule has 0 bridgehead atoms. The van der Waals surface area contributed by atoms with Crippen molar-refractivity contribution in [2.75, 3.05) is 0 Å². The lowest BCUT2D eigenvalue weighted by Gasteiger charge is -2.18. The molecular weight excluding hydrogens is 154 g/mol. The molecule has 3 N–H and O–H groups in total. The van der Waals surface area contributed by atoms with E-state index in [-0.39, 0.29) is 0 Å². The minimum absolute atomic E-state index is 0.568. The Morgan fingerprint density at radius 2 is 2.50 bits per heavy atom. The molecule has 0 aliphatic heterocycles. The third-order valence-corrected chi connectivity index (χ3v) is 2.00. The second kappa shape index (κ2) is 3.06. The highest BCUT2D eigenvalue weighted by molar-refractivity contribution is 5.65. The van der Waals surface area contributed by atoms with E-state index >= 15 is 0 Å². The van der Waals surface area contributed by atoms with Gasteiger partial charge in [0.1, 0.15) is 17.6 Å². The van der Waals surface area contributed by atoms with Crippen LogP contribution in [-0.4, -0.2) is 16.3 Å². The topological polar surface area (TPSA) is 71.8 Å². The molecule has 1 aromatic heterocycles. The molecule has 1 unspecified atom stereocenters. The molecule has 0 saturated carbocycles. The van der Waals surface area contributed by atoms with Crippen LogP contribution in [0.2, 0.25) is 0 Å². The lowest BCUT2D eigenvalue weighted by Crippen LogP contribution is -2.38. The minimum Gasteiger partial charge on any atom is -0.344 e. The van der Waals surface area contributed by atoms with Crippen LogP contribution in [-0.2, 0) is 10.3 Å². The molecule has 4 heteroatoms. The van der Waals surface area contributed by atoms with Gasteiger partial charge in [-0.25, -0.2) is 4.98 Å². The normalized spacial score (nSPS) is 15.6. The molecule has 0 amide bonds. The number of carbonyl (C=O) groups is 1. The summed E-state index contributed by atoms with van der Waals surface area (Å²) in [5.74, 6) is 0.773. The zero-order valence-corrected chi connectivity index (χ0v) is 7.29. The van der Waals surface area contributed by atoms with Crippen molar-refractivity contribution in [3.8, 4) is 0 Å². The molecule has 0 saturated heterocycles. The van der Waals surface area contributed by atoms with Gasteiger partial charge in [0, 0.05) is 0 Å². The van der Waals surface area contributed by atoms with Crippen molar-refractivity contribution in [2.24, 2.45) is 5.73 Å². The Labute approximate surface area is 71.2 Å². The zero-order valence-electron chi connectivity index (χ0n) is 7.29. The number of nitrogens with one attached hydrogen (secondary N) is 1. The summed E-state index contributed by atoms with van der Waals surface area (Å²) in [6.07, 6.45) is 2.92. The number of hydrogen-bond donors (Lipinski definition) is 2. The number of aromatic nitrogens is 2. The van der Waals surface area contributed by atoms with Gasteiger partial charge in [0.2, 0.25) is 0 Å². The van der Waals surface area contributed by atoms with Crippen LogP contribution >= 0.6 is 0 Å². The van der Waals surface area contributed by atoms with Gasteiger partial charge in [0.25, 0.3) is 0 Å². The molecule has 0 aromatic carbocycles. The lowest BCUT2D eigenvalue weighted by atomic mass is 9.96. The summed E-state index contributed by atoms with van der Waals surface area (Å²) in [5, 5.41) is 0. The van der Waals surface area contributed by atoms with E-state index < -0.39 is 5.54 Å². The lowest BCUT2D eigenvalue weighted by molar-refractivity contribution is -0.112. The number of aryl methyl sites for hydroxylation is 1. The minimum atomic E-state index is -0.902. The smallest absolute Gasteiger partial charge is 0.145 e. The Balaban J connectivity index is 3.02. The summed E-state index contributed by atoms with van der Waals surface area (Å²) in [5.41, 5.74) is 5.57. The number of aldehydes is 1. The zero-order chi connectivity index (χ0) is 9.19. The fourth-order valence-corrected chi connectivity index (χ4v) is 0.995. The number of nitrogens with two attached hydrogens (primary N) is 1. The fourth-order valence-electron chi connectivity index (χ4n) is 0.995. The Morgan fingerprint density at radius 1 is 1.83 bits per heavy atom. The third-order valence-electron chi connectivity index (χ3n) is 2.00. The van der Waals surface area contributed by atoms with E-state index in [1.165, 1.54) is 0 Å². The molecule has 0 radical (unpaired) electrons. The van der Waals surface area contributed by atoms with Gasteiger partial charge < -0.3 is 15.5 Å². The molecule has 0 fully saturated rings. The van der Waals surface area contributed by atoms with Gasteiger partial charge in [-0.1, -0.05) is 6.92 Å². The summed E-state index contributed by atoms with van der Waals surface area (Å²) in [4.78, 5) is 17.6. The predicted octanol–water partition coefficient (Wildman–Crippen LogP) is 0.481. The highest BCUT2D eigenvalue weighted by Crippen LogP contribution is 2.16. The van der Waals surface area contributed by atoms with Crippen LogP contribution in [0.15, 0.2) is 6.20 Å². The molecule has 4 nitrogen and oxygen atoms in total. The summed E-state index contributed by atoms with van der Waals surface area (Å²) >= 11 is 0. The van der Waals surface area contributed by atoms with Crippen LogP contribution in [0, 0.1) is 6.92 Å². The maximum Gasteiger partial charge on any atom is 0.145 e. The van der Waals surface area contributed by atoms with E-state index in [1.807, 2.05) is 13.8 Å². The van der Waals surface area contributed by atoms with Crippen molar-refractivity contribution in [3.63, 3.8) is 0 Å². The second-order valence-corrected chi connectivity index (χ2v) is 2.89. The molecule has 0 aliphatic rings. The van der Waals surface area contributed by atoms with Crippen LogP contribution in [0.3, 0.4) is 0 Å². The summed E-state index contributed by atoms with van der Waals surface area (Å²) in [7, 11) is 0. The van der Waals surface area contributed by atoms with Gasteiger partial charge in [-0.3, -0.25) is 0 Å². The second-order valence-electron chi connectivity index (χ2n) is 2.89. The molecule has 12 heavy (non-hydrogen) atoms. The molecule has 0 spiro atoms. The Morgan fingerprint density at radius 3 is 2.83 bits per heavy atom. The molecule has 1 heterocycles. The Bertz CT molecular complexity index is 282. The van der Waals surface area contributed by atoms with Gasteiger partial charge in [0.05, 0.1) is 11.9 Å². The average molecular weight is 167 g/mol. The number of hydrogen-bond acceptors (Lipinski definition) is 3. The highest BCUT2D eigenvalue weighted by atomic mass is 16.1. The maximum absolute atomic E-state index is 10.7. The summed E-state index contributed by atoms with van der Waals surface area (Å²) < 4.78 is 0. The van der Waals surface area contributed by atoms with Crippen LogP contribution < -0.4 is 5.73 Å². The predicted molar refractivity (Wildman–Crippen MR) is 45.5 cm³/mol. The molecule has 1 aromatic rings. The maximum atomic E-state index is 10.7. The quantitative estimate of drug-likeness (QED) is 0.643. The van der Waals surface area contributed by atoms with Crippen molar-refractivity contribution < 1.29 is 4.79 Å². The van der Waals surface area contributed by atoms with Crippen LogP contribution in [0.1, 0.15) is 24.9 Å². The number of aromatic amines is 1. The largest absolute Gasteiger partial charge is 0.344 e. The van der Waals surface area contributed by atoms with Gasteiger partial charge >= 0.3 is 0 Å². The molecule has 66 valence electrons. The fraction of sp³-hybridized carbons (Fsp3) is 0.500. The monoisotopic (exact) mass is 167 g/mol. The van der Waals surface area contributed by atoms with Crippen molar-refractivity contribution in [1.29, 1.82) is 0 Å². The van der Waals surface area contributed by atoms with Crippen molar-refractivity contribution in [3.05, 3.63) is 17.7 Å². The highest BCUT2D eigenvalue weighted by Gasteiger charge is 2.26. The van der Waals surface area contributed by atoms with Crippen molar-refractivity contribution >= 4 is 6.29 Å². The SMILES string of the molecule is CCC(N)(C=O)c1cnc(C)[nH]1. The number of nitrogens with zero attached hydrogens (tertiary/aromatic N) is 1. The van der Waals surface area contributed by atoms with E-state index in [0.29, 0.717) is 12.1 Å². The van der Waals surface area contributed by atoms with E-state index in [2.05, 4.69) is 9.97 Å². The van der Waals surface area contributed by atoms with E-state index in [4.69, 9.17) is 5.73 Å². The van der Waals surface area contributed by atoms with Crippen molar-refractivity contribution in [2.45, 2.75) is 25.8 Å². The van der Waals surface area contributed by atoms with Crippen molar-refractivity contribution in [1.82, 2.24) is 9.97 Å². The van der Waals surface area contributed by atoms with Gasteiger partial charge in [-0.15, -0.1) is 0 Å². The summed E-state index contributed by atoms with van der Waals surface area (Å²) in [6.45, 7) is 3.69. The van der Waals surface area contributed by atoms with Crippen LogP contribution in [0.4, 0.5) is 0 Å². The molecular formula is C8H13N3O. The van der Waals surface area contributed by atoms with Gasteiger partial charge in [0.15, 0.2) is 0 Å². The van der Waals surface area contributed by atoms with Gasteiger partial charge in [-0.05, 0) is 13.3 Å². The first-order chi connectivity index (χ1) is 5.62. The first-order valence-corrected chi connectivity index (χ1v) is 3.89. The number of rotatable bonds is 3. The van der Waals surface area contributed by atoms with E-state index in [1.54, 1.807) is 6.20 Å². The Kier molecular flexibility index (Phi) is 2.28. The molecule has 0 aliphatic carbocycles. The first-order valence-electron chi connectivity index (χ1n) is 3.89.